The van der Waals surface area contributed by atoms with Crippen molar-refractivity contribution in [3.8, 4) is 0 Å². The number of alkyl halides is 3. The van der Waals surface area contributed by atoms with Gasteiger partial charge < -0.3 is 9.84 Å². The molecule has 1 atom stereocenters. The summed E-state index contributed by atoms with van der Waals surface area (Å²) in [6, 6.07) is 0. The summed E-state index contributed by atoms with van der Waals surface area (Å²) in [6.07, 6.45) is -5.30. The molecular weight excluding hydrogens is 265 g/mol. The molecule has 10 heteroatoms. The Morgan fingerprint density at radius 3 is 2.65 bits per heavy atom. The summed E-state index contributed by atoms with van der Waals surface area (Å²) in [4.78, 5) is 0. The highest BCUT2D eigenvalue weighted by Gasteiger charge is 2.34. The predicted octanol–water partition coefficient (Wildman–Crippen LogP) is -0.924. The van der Waals surface area contributed by atoms with Gasteiger partial charge in [0.1, 0.15) is 6.54 Å². The van der Waals surface area contributed by atoms with Gasteiger partial charge in [0.05, 0.1) is 19.3 Å². The van der Waals surface area contributed by atoms with Crippen LogP contribution in [0.2, 0.25) is 0 Å². The summed E-state index contributed by atoms with van der Waals surface area (Å²) in [5, 5.41) is 8.79. The second-order valence-corrected chi connectivity index (χ2v) is 5.23. The first kappa shape index (κ1) is 14.6. The Balaban J connectivity index is 2.57. The molecule has 1 aliphatic rings. The molecular formula is C7H13F3N2O4S. The molecule has 1 fully saturated rings. The molecule has 1 heterocycles. The van der Waals surface area contributed by atoms with Crippen LogP contribution in [0.1, 0.15) is 0 Å². The van der Waals surface area contributed by atoms with Crippen molar-refractivity contribution in [1.29, 1.82) is 0 Å². The Bertz CT molecular complexity index is 346. The zero-order chi connectivity index (χ0) is 13.1. The minimum atomic E-state index is -4.60. The third kappa shape index (κ3) is 4.76. The van der Waals surface area contributed by atoms with Crippen molar-refractivity contribution < 1.29 is 31.4 Å². The molecule has 6 nitrogen and oxygen atoms in total. The van der Waals surface area contributed by atoms with E-state index in [0.29, 0.717) is 0 Å². The molecule has 0 aliphatic carbocycles. The molecule has 1 unspecified atom stereocenters. The standard InChI is InChI=1S/C7H13F3N2O4S/c8-7(9,10)5-11-17(14,15)12-1-2-16-6(3-12)4-13/h6,11,13H,1-5H2. The maximum absolute atomic E-state index is 11.9. The molecule has 0 amide bonds. The van der Waals surface area contributed by atoms with E-state index in [-0.39, 0.29) is 26.3 Å². The lowest BCUT2D eigenvalue weighted by molar-refractivity contribution is -0.121. The van der Waals surface area contributed by atoms with Crippen molar-refractivity contribution in [3.63, 3.8) is 0 Å². The molecule has 102 valence electrons. The van der Waals surface area contributed by atoms with Crippen LogP contribution in [0.3, 0.4) is 0 Å². The molecule has 1 saturated heterocycles. The smallest absolute Gasteiger partial charge is 0.394 e. The number of nitrogens with one attached hydrogen (secondary N) is 1. The van der Waals surface area contributed by atoms with Crippen molar-refractivity contribution in [2.75, 3.05) is 32.8 Å². The van der Waals surface area contributed by atoms with Crippen molar-refractivity contribution in [1.82, 2.24) is 9.03 Å². The molecule has 0 aromatic rings. The highest BCUT2D eigenvalue weighted by Crippen LogP contribution is 2.14. The number of rotatable bonds is 4. The minimum absolute atomic E-state index is 0.0380. The van der Waals surface area contributed by atoms with Gasteiger partial charge in [-0.3, -0.25) is 0 Å². The monoisotopic (exact) mass is 278 g/mol. The molecule has 1 rings (SSSR count). The molecule has 2 N–H and O–H groups in total. The highest BCUT2D eigenvalue weighted by molar-refractivity contribution is 7.87. The molecule has 17 heavy (non-hydrogen) atoms. The van der Waals surface area contributed by atoms with Crippen LogP contribution in [-0.4, -0.2) is 63.0 Å². The van der Waals surface area contributed by atoms with Gasteiger partial charge in [-0.25, -0.2) is 0 Å². The van der Waals surface area contributed by atoms with Crippen LogP contribution < -0.4 is 4.72 Å². The molecule has 0 saturated carbocycles. The molecule has 0 aromatic carbocycles. The largest absolute Gasteiger partial charge is 0.402 e. The van der Waals surface area contributed by atoms with E-state index in [4.69, 9.17) is 9.84 Å². The van der Waals surface area contributed by atoms with E-state index >= 15 is 0 Å². The Morgan fingerprint density at radius 1 is 1.47 bits per heavy atom. The fraction of sp³-hybridized carbons (Fsp3) is 1.00. The van der Waals surface area contributed by atoms with Crippen molar-refractivity contribution in [2.45, 2.75) is 12.3 Å². The van der Waals surface area contributed by atoms with Gasteiger partial charge in [-0.2, -0.15) is 30.6 Å². The number of halogens is 3. The Hall–Kier alpha value is -0.420. The molecule has 0 radical (unpaired) electrons. The number of nitrogens with zero attached hydrogens (tertiary/aromatic N) is 1. The zero-order valence-electron chi connectivity index (χ0n) is 8.77. The average molecular weight is 278 g/mol. The Labute approximate surface area is 96.5 Å². The fourth-order valence-electron chi connectivity index (χ4n) is 1.29. The van der Waals surface area contributed by atoms with Crippen LogP contribution in [0.25, 0.3) is 0 Å². The molecule has 1 aliphatic heterocycles. The van der Waals surface area contributed by atoms with Crippen molar-refractivity contribution in [2.24, 2.45) is 0 Å². The first-order valence-corrected chi connectivity index (χ1v) is 6.22. The van der Waals surface area contributed by atoms with E-state index < -0.39 is 29.0 Å². The maximum atomic E-state index is 11.9. The number of aliphatic hydroxyl groups is 1. The third-order valence-corrected chi connectivity index (χ3v) is 3.62. The highest BCUT2D eigenvalue weighted by atomic mass is 32.2. The van der Waals surface area contributed by atoms with Crippen molar-refractivity contribution in [3.05, 3.63) is 0 Å². The fourth-order valence-corrected chi connectivity index (χ4v) is 2.49. The van der Waals surface area contributed by atoms with E-state index in [2.05, 4.69) is 0 Å². The molecule has 0 spiro atoms. The summed E-state index contributed by atoms with van der Waals surface area (Å²) < 4.78 is 65.9. The zero-order valence-corrected chi connectivity index (χ0v) is 9.59. The lowest BCUT2D eigenvalue weighted by Gasteiger charge is -2.31. The number of hydrogen-bond donors (Lipinski definition) is 2. The van der Waals surface area contributed by atoms with Crippen LogP contribution in [0.15, 0.2) is 0 Å². The Morgan fingerprint density at radius 2 is 2.12 bits per heavy atom. The van der Waals surface area contributed by atoms with Gasteiger partial charge in [0, 0.05) is 13.1 Å². The van der Waals surface area contributed by atoms with Crippen LogP contribution in [-0.2, 0) is 14.9 Å². The van der Waals surface area contributed by atoms with Crippen LogP contribution in [0, 0.1) is 0 Å². The lowest BCUT2D eigenvalue weighted by Crippen LogP contribution is -2.52. The predicted molar refractivity (Wildman–Crippen MR) is 51.4 cm³/mol. The summed E-state index contributed by atoms with van der Waals surface area (Å²) in [6.45, 7) is -2.16. The minimum Gasteiger partial charge on any atom is -0.394 e. The number of aliphatic hydroxyl groups excluding tert-OH is 1. The maximum Gasteiger partial charge on any atom is 0.402 e. The first-order valence-electron chi connectivity index (χ1n) is 4.78. The van der Waals surface area contributed by atoms with E-state index in [0.717, 1.165) is 4.31 Å². The van der Waals surface area contributed by atoms with Gasteiger partial charge in [-0.15, -0.1) is 0 Å². The van der Waals surface area contributed by atoms with Crippen molar-refractivity contribution >= 4 is 10.2 Å². The van der Waals surface area contributed by atoms with E-state index in [1.807, 2.05) is 0 Å². The lowest BCUT2D eigenvalue weighted by atomic mass is 10.3. The second-order valence-electron chi connectivity index (χ2n) is 3.47. The number of morpholine rings is 1. The normalized spacial score (nSPS) is 23.9. The molecule has 0 aromatic heterocycles. The SMILES string of the molecule is O=S(=O)(NCC(F)(F)F)N1CCOC(CO)C1. The summed E-state index contributed by atoms with van der Waals surface area (Å²) in [7, 11) is -4.19. The van der Waals surface area contributed by atoms with Crippen LogP contribution >= 0.6 is 0 Å². The average Bonchev–Trinajstić information content (AvgIpc) is 2.26. The quantitative estimate of drug-likeness (QED) is 0.697. The second kappa shape index (κ2) is 5.48. The summed E-state index contributed by atoms with van der Waals surface area (Å²) in [5.74, 6) is 0. The van der Waals surface area contributed by atoms with Gasteiger partial charge >= 0.3 is 6.18 Å². The van der Waals surface area contributed by atoms with Gasteiger partial charge in [0.25, 0.3) is 10.2 Å². The van der Waals surface area contributed by atoms with E-state index in [1.54, 1.807) is 0 Å². The van der Waals surface area contributed by atoms with E-state index in [9.17, 15) is 21.6 Å². The van der Waals surface area contributed by atoms with Gasteiger partial charge in [0.15, 0.2) is 0 Å². The topological polar surface area (TPSA) is 78.9 Å². The van der Waals surface area contributed by atoms with Crippen LogP contribution in [0.5, 0.6) is 0 Å². The van der Waals surface area contributed by atoms with Gasteiger partial charge in [0.2, 0.25) is 0 Å². The summed E-state index contributed by atoms with van der Waals surface area (Å²) >= 11 is 0. The molecule has 0 bridgehead atoms. The summed E-state index contributed by atoms with van der Waals surface area (Å²) in [5.41, 5.74) is 0. The van der Waals surface area contributed by atoms with Gasteiger partial charge in [-0.05, 0) is 0 Å². The van der Waals surface area contributed by atoms with E-state index in [1.165, 1.54) is 4.72 Å². The Kier molecular flexibility index (Phi) is 4.72. The van der Waals surface area contributed by atoms with Gasteiger partial charge in [-0.1, -0.05) is 0 Å². The third-order valence-electron chi connectivity index (χ3n) is 2.10. The number of hydrogen-bond acceptors (Lipinski definition) is 4. The van der Waals surface area contributed by atoms with Crippen LogP contribution in [0.4, 0.5) is 13.2 Å². The first-order chi connectivity index (χ1) is 7.74. The number of ether oxygens (including phenoxy) is 1.